The second-order valence-electron chi connectivity index (χ2n) is 10.1. The van der Waals surface area contributed by atoms with Gasteiger partial charge in [-0.05, 0) is 61.3 Å². The fraction of sp³-hybridized carbons (Fsp3) is 0.346. The summed E-state index contributed by atoms with van der Waals surface area (Å²) >= 11 is 0. The SMILES string of the molecule is CC(=O)N1Cc2cc(Nc3ncc(C#N)c(Nc4cccc(P(C)(C)=O)n4)n3)cc3c2C(CN(C)C3)C1. The van der Waals surface area contributed by atoms with Gasteiger partial charge in [-0.2, -0.15) is 10.2 Å². The topological polar surface area (TPSA) is 127 Å². The van der Waals surface area contributed by atoms with Crippen LogP contribution in [0.25, 0.3) is 0 Å². The second-order valence-corrected chi connectivity index (χ2v) is 13.2. The Hall–Kier alpha value is -3.80. The third-order valence-electron chi connectivity index (χ3n) is 6.68. The third kappa shape index (κ3) is 5.19. The quantitative estimate of drug-likeness (QED) is 0.491. The smallest absolute Gasteiger partial charge is 0.229 e. The van der Waals surface area contributed by atoms with Gasteiger partial charge in [0.2, 0.25) is 11.9 Å². The molecule has 1 amide bonds. The van der Waals surface area contributed by atoms with Gasteiger partial charge in [-0.1, -0.05) is 6.07 Å². The lowest BCUT2D eigenvalue weighted by Gasteiger charge is -2.41. The van der Waals surface area contributed by atoms with Crippen molar-refractivity contribution in [3.8, 4) is 6.07 Å². The Kier molecular flexibility index (Phi) is 6.44. The number of benzene rings is 1. The summed E-state index contributed by atoms with van der Waals surface area (Å²) < 4.78 is 12.5. The number of nitrogens with one attached hydrogen (secondary N) is 2. The summed E-state index contributed by atoms with van der Waals surface area (Å²) in [5.74, 6) is 1.43. The molecule has 2 N–H and O–H groups in total. The van der Waals surface area contributed by atoms with Crippen molar-refractivity contribution in [1.82, 2.24) is 24.8 Å². The summed E-state index contributed by atoms with van der Waals surface area (Å²) in [6.45, 7) is 8.00. The molecule has 0 saturated heterocycles. The Balaban J connectivity index is 1.46. The van der Waals surface area contributed by atoms with Gasteiger partial charge in [0.25, 0.3) is 0 Å². The Morgan fingerprint density at radius 1 is 1.14 bits per heavy atom. The van der Waals surface area contributed by atoms with Crippen molar-refractivity contribution in [2.24, 2.45) is 0 Å². The van der Waals surface area contributed by atoms with Gasteiger partial charge in [0.05, 0.1) is 6.20 Å². The lowest BCUT2D eigenvalue weighted by Crippen LogP contribution is -2.43. The molecule has 2 aliphatic rings. The third-order valence-corrected chi connectivity index (χ3v) is 8.03. The Bertz CT molecular complexity index is 1480. The summed E-state index contributed by atoms with van der Waals surface area (Å²) in [6.07, 6.45) is 1.45. The molecule has 10 nitrogen and oxygen atoms in total. The van der Waals surface area contributed by atoms with Crippen LogP contribution in [-0.4, -0.2) is 64.1 Å². The van der Waals surface area contributed by atoms with E-state index in [0.717, 1.165) is 30.9 Å². The van der Waals surface area contributed by atoms with Gasteiger partial charge in [-0.25, -0.2) is 9.97 Å². The van der Waals surface area contributed by atoms with E-state index in [1.807, 2.05) is 4.90 Å². The van der Waals surface area contributed by atoms with Crippen LogP contribution in [0.1, 0.15) is 35.1 Å². The zero-order valence-corrected chi connectivity index (χ0v) is 22.2. The molecule has 0 aliphatic carbocycles. The first-order valence-electron chi connectivity index (χ1n) is 12.0. The van der Waals surface area contributed by atoms with Gasteiger partial charge in [0.1, 0.15) is 30.0 Å². The van der Waals surface area contributed by atoms with Gasteiger partial charge in [-0.15, -0.1) is 0 Å². The highest BCUT2D eigenvalue weighted by atomic mass is 31.2. The van der Waals surface area contributed by atoms with Crippen molar-refractivity contribution in [3.05, 3.63) is 58.8 Å². The minimum absolute atomic E-state index is 0.0742. The largest absolute Gasteiger partial charge is 0.338 e. The van der Waals surface area contributed by atoms with Crippen LogP contribution in [0.4, 0.5) is 23.3 Å². The van der Waals surface area contributed by atoms with Gasteiger partial charge < -0.3 is 25.0 Å². The highest BCUT2D eigenvalue weighted by molar-refractivity contribution is 7.69. The number of aromatic nitrogens is 3. The minimum atomic E-state index is -2.55. The van der Waals surface area contributed by atoms with Gasteiger partial charge in [-0.3, -0.25) is 4.79 Å². The van der Waals surface area contributed by atoms with Crippen LogP contribution in [0.2, 0.25) is 0 Å². The van der Waals surface area contributed by atoms with E-state index in [4.69, 9.17) is 0 Å². The first kappa shape index (κ1) is 24.9. The van der Waals surface area contributed by atoms with Crippen LogP contribution >= 0.6 is 7.14 Å². The van der Waals surface area contributed by atoms with E-state index in [9.17, 15) is 14.6 Å². The summed E-state index contributed by atoms with van der Waals surface area (Å²) in [7, 11) is -0.452. The molecule has 0 fully saturated rings. The number of nitrogens with zero attached hydrogens (tertiary/aromatic N) is 6. The van der Waals surface area contributed by atoms with Crippen LogP contribution < -0.4 is 16.1 Å². The predicted molar refractivity (Wildman–Crippen MR) is 143 cm³/mol. The summed E-state index contributed by atoms with van der Waals surface area (Å²) in [4.78, 5) is 29.7. The van der Waals surface area contributed by atoms with Crippen LogP contribution in [-0.2, 0) is 22.4 Å². The number of hydrogen-bond donors (Lipinski definition) is 2. The molecule has 2 aliphatic heterocycles. The molecular weight excluding hydrogens is 487 g/mol. The van der Waals surface area contributed by atoms with E-state index in [2.05, 4.69) is 55.7 Å². The molecule has 0 bridgehead atoms. The number of hydrogen-bond acceptors (Lipinski definition) is 9. The van der Waals surface area contributed by atoms with Crippen molar-refractivity contribution in [2.45, 2.75) is 25.9 Å². The maximum Gasteiger partial charge on any atom is 0.229 e. The van der Waals surface area contributed by atoms with Crippen LogP contribution in [0.3, 0.4) is 0 Å². The van der Waals surface area contributed by atoms with Crippen molar-refractivity contribution >= 4 is 41.8 Å². The van der Waals surface area contributed by atoms with Crippen molar-refractivity contribution in [1.29, 1.82) is 5.26 Å². The Morgan fingerprint density at radius 2 is 1.89 bits per heavy atom. The monoisotopic (exact) mass is 516 g/mol. The maximum atomic E-state index is 12.5. The Morgan fingerprint density at radius 3 is 2.59 bits per heavy atom. The van der Waals surface area contributed by atoms with Crippen molar-refractivity contribution in [2.75, 3.05) is 44.1 Å². The standard InChI is InChI=1S/C26H29N8O2P/c1-16(35)34-14-18-9-21(8-17-12-33(2)13-20(15-34)24(17)18)29-26-28-11-19(10-27)25(32-26)31-22-6-5-7-23(30-22)37(3,4)36/h5-9,11,20H,12-15H2,1-4H3,(H2,28,29,30,31,32). The average Bonchev–Trinajstić information content (AvgIpc) is 2.83. The molecular formula is C26H29N8O2P. The highest BCUT2D eigenvalue weighted by Crippen LogP contribution is 2.38. The highest BCUT2D eigenvalue weighted by Gasteiger charge is 2.33. The molecule has 1 unspecified atom stereocenters. The molecule has 4 heterocycles. The van der Waals surface area contributed by atoms with Crippen molar-refractivity contribution in [3.63, 3.8) is 0 Å². The van der Waals surface area contributed by atoms with E-state index in [1.165, 1.54) is 17.3 Å². The fourth-order valence-electron chi connectivity index (χ4n) is 5.05. The first-order valence-corrected chi connectivity index (χ1v) is 14.6. The molecule has 0 radical (unpaired) electrons. The summed E-state index contributed by atoms with van der Waals surface area (Å²) in [6, 6.07) is 11.5. The van der Waals surface area contributed by atoms with E-state index < -0.39 is 7.14 Å². The van der Waals surface area contributed by atoms with E-state index in [0.29, 0.717) is 35.5 Å². The predicted octanol–water partition coefficient (Wildman–Crippen LogP) is 3.37. The van der Waals surface area contributed by atoms with Crippen LogP contribution in [0, 0.1) is 11.3 Å². The van der Waals surface area contributed by atoms with E-state index >= 15 is 0 Å². The molecule has 190 valence electrons. The number of anilines is 4. The Labute approximate surface area is 216 Å². The number of likely N-dealkylation sites (N-methyl/N-ethyl adjacent to an activating group) is 1. The van der Waals surface area contributed by atoms with E-state index in [-0.39, 0.29) is 11.5 Å². The minimum Gasteiger partial charge on any atom is -0.338 e. The number of pyridine rings is 1. The molecule has 37 heavy (non-hydrogen) atoms. The van der Waals surface area contributed by atoms with Crippen LogP contribution in [0.5, 0.6) is 0 Å². The molecule has 1 aromatic carbocycles. The number of carbonyl (C=O) groups is 1. The van der Waals surface area contributed by atoms with Crippen molar-refractivity contribution < 1.29 is 9.36 Å². The second kappa shape index (κ2) is 9.58. The molecule has 3 aromatic rings. The number of nitriles is 1. The molecule has 1 atom stereocenters. The fourth-order valence-corrected chi connectivity index (χ4v) is 5.84. The maximum absolute atomic E-state index is 12.5. The molecule has 0 saturated carbocycles. The lowest BCUT2D eigenvalue weighted by molar-refractivity contribution is -0.130. The molecule has 2 aromatic heterocycles. The lowest BCUT2D eigenvalue weighted by atomic mass is 9.82. The van der Waals surface area contributed by atoms with E-state index in [1.54, 1.807) is 38.5 Å². The normalized spacial score (nSPS) is 17.1. The molecule has 5 rings (SSSR count). The zero-order chi connectivity index (χ0) is 26.3. The number of rotatable bonds is 5. The number of carbonyl (C=O) groups excluding carboxylic acids is 1. The summed E-state index contributed by atoms with van der Waals surface area (Å²) in [5, 5.41) is 16.0. The average molecular weight is 517 g/mol. The zero-order valence-electron chi connectivity index (χ0n) is 21.3. The number of amides is 1. The molecule has 0 spiro atoms. The van der Waals surface area contributed by atoms with Crippen LogP contribution in [0.15, 0.2) is 36.5 Å². The van der Waals surface area contributed by atoms with Gasteiger partial charge >= 0.3 is 0 Å². The van der Waals surface area contributed by atoms with Gasteiger partial charge in [0, 0.05) is 44.7 Å². The summed E-state index contributed by atoms with van der Waals surface area (Å²) in [5.41, 5.74) is 5.29. The molecule has 11 heteroatoms. The van der Waals surface area contributed by atoms with Gasteiger partial charge in [0.15, 0.2) is 5.82 Å². The first-order chi connectivity index (χ1) is 17.6.